The average molecular weight is 495 g/mol. The number of rotatable bonds is 7. The summed E-state index contributed by atoms with van der Waals surface area (Å²) in [5.41, 5.74) is 0.937. The molecule has 0 saturated carbocycles. The lowest BCUT2D eigenvalue weighted by molar-refractivity contribution is -0.112. The van der Waals surface area contributed by atoms with Gasteiger partial charge in [-0.05, 0) is 68.0 Å². The molecule has 0 aliphatic rings. The Balaban J connectivity index is 1.71. The van der Waals surface area contributed by atoms with Gasteiger partial charge in [-0.25, -0.2) is 4.79 Å². The molecular formula is C28H22N4O5. The quantitative estimate of drug-likeness (QED) is 0.228. The van der Waals surface area contributed by atoms with Crippen LogP contribution in [0.15, 0.2) is 83.3 Å². The Morgan fingerprint density at radius 2 is 1.81 bits per heavy atom. The van der Waals surface area contributed by atoms with Crippen molar-refractivity contribution in [3.05, 3.63) is 106 Å². The van der Waals surface area contributed by atoms with Crippen LogP contribution in [0.1, 0.15) is 28.4 Å². The van der Waals surface area contributed by atoms with Crippen LogP contribution in [0.25, 0.3) is 11.7 Å². The Morgan fingerprint density at radius 3 is 2.51 bits per heavy atom. The molecule has 4 rings (SSSR count). The molecule has 0 radical (unpaired) electrons. The van der Waals surface area contributed by atoms with Crippen molar-refractivity contribution in [3.8, 4) is 17.7 Å². The smallest absolute Gasteiger partial charge is 0.338 e. The van der Waals surface area contributed by atoms with Crippen molar-refractivity contribution < 1.29 is 19.1 Å². The summed E-state index contributed by atoms with van der Waals surface area (Å²) in [6.45, 7) is 3.80. The molecular weight excluding hydrogens is 472 g/mol. The molecule has 9 heteroatoms. The van der Waals surface area contributed by atoms with Crippen molar-refractivity contribution in [2.75, 3.05) is 11.9 Å². The van der Waals surface area contributed by atoms with E-state index in [1.807, 2.05) is 25.1 Å². The van der Waals surface area contributed by atoms with Gasteiger partial charge in [0.25, 0.3) is 11.5 Å². The number of para-hydroxylation sites is 1. The third kappa shape index (κ3) is 5.55. The van der Waals surface area contributed by atoms with Crippen molar-refractivity contribution in [2.45, 2.75) is 13.8 Å². The summed E-state index contributed by atoms with van der Waals surface area (Å²) in [5, 5.41) is 12.3. The number of nitriles is 1. The predicted molar refractivity (Wildman–Crippen MR) is 137 cm³/mol. The third-order valence-corrected chi connectivity index (χ3v) is 5.34. The molecule has 4 aromatic rings. The molecule has 0 bridgehead atoms. The summed E-state index contributed by atoms with van der Waals surface area (Å²) in [4.78, 5) is 42.5. The molecule has 2 heterocycles. The number of aromatic nitrogens is 2. The van der Waals surface area contributed by atoms with E-state index in [-0.39, 0.29) is 23.6 Å². The Kier molecular flexibility index (Phi) is 7.40. The molecule has 184 valence electrons. The number of ether oxygens (including phenoxy) is 2. The Hall–Kier alpha value is -5.23. The average Bonchev–Trinajstić information content (AvgIpc) is 2.90. The minimum absolute atomic E-state index is 0.0372. The first-order chi connectivity index (χ1) is 17.9. The highest BCUT2D eigenvalue weighted by Gasteiger charge is 2.18. The van der Waals surface area contributed by atoms with Crippen molar-refractivity contribution in [1.29, 1.82) is 5.26 Å². The summed E-state index contributed by atoms with van der Waals surface area (Å²) >= 11 is 0. The van der Waals surface area contributed by atoms with E-state index in [2.05, 4.69) is 10.3 Å². The molecule has 0 aliphatic carbocycles. The fourth-order valence-electron chi connectivity index (χ4n) is 3.45. The molecule has 37 heavy (non-hydrogen) atoms. The molecule has 0 saturated heterocycles. The van der Waals surface area contributed by atoms with Gasteiger partial charge in [0.2, 0.25) is 5.88 Å². The van der Waals surface area contributed by atoms with Gasteiger partial charge in [-0.1, -0.05) is 24.3 Å². The normalized spacial score (nSPS) is 11.0. The Labute approximate surface area is 212 Å². The first-order valence-corrected chi connectivity index (χ1v) is 11.4. The van der Waals surface area contributed by atoms with Crippen LogP contribution in [0.4, 0.5) is 5.69 Å². The second-order valence-corrected chi connectivity index (χ2v) is 7.85. The van der Waals surface area contributed by atoms with E-state index >= 15 is 0 Å². The standard InChI is InChI=1S/C28H22N4O5/c1-3-36-28(35)19-11-13-21(14-12-19)30-25(33)20(17-29)16-22-26(37-23-9-5-4-8-18(23)2)31-24-10-6-7-15-32(24)27(22)34/h4-16H,3H2,1-2H3,(H,30,33)/b20-16-. The first-order valence-electron chi connectivity index (χ1n) is 11.4. The maximum atomic E-state index is 13.3. The van der Waals surface area contributed by atoms with Gasteiger partial charge in [0.1, 0.15) is 28.6 Å². The zero-order valence-corrected chi connectivity index (χ0v) is 20.1. The van der Waals surface area contributed by atoms with Crippen molar-refractivity contribution in [2.24, 2.45) is 0 Å². The highest BCUT2D eigenvalue weighted by atomic mass is 16.5. The van der Waals surface area contributed by atoms with Crippen molar-refractivity contribution in [1.82, 2.24) is 9.38 Å². The van der Waals surface area contributed by atoms with E-state index in [4.69, 9.17) is 9.47 Å². The maximum Gasteiger partial charge on any atom is 0.338 e. The van der Waals surface area contributed by atoms with E-state index in [0.29, 0.717) is 22.6 Å². The fraction of sp³-hybridized carbons (Fsp3) is 0.107. The van der Waals surface area contributed by atoms with Crippen LogP contribution >= 0.6 is 0 Å². The van der Waals surface area contributed by atoms with Crippen LogP contribution in [-0.4, -0.2) is 27.9 Å². The molecule has 9 nitrogen and oxygen atoms in total. The number of aryl methyl sites for hydroxylation is 1. The number of benzene rings is 2. The van der Waals surface area contributed by atoms with Crippen molar-refractivity contribution in [3.63, 3.8) is 0 Å². The highest BCUT2D eigenvalue weighted by molar-refractivity contribution is 6.10. The molecule has 2 aromatic carbocycles. The van der Waals surface area contributed by atoms with E-state index in [1.165, 1.54) is 34.9 Å². The number of amides is 1. The van der Waals surface area contributed by atoms with E-state index < -0.39 is 17.4 Å². The molecule has 0 aliphatic heterocycles. The molecule has 1 N–H and O–H groups in total. The summed E-state index contributed by atoms with van der Waals surface area (Å²) in [5.74, 6) is -0.784. The van der Waals surface area contributed by atoms with Gasteiger partial charge in [0, 0.05) is 11.9 Å². The van der Waals surface area contributed by atoms with E-state index in [0.717, 1.165) is 11.6 Å². The highest BCUT2D eigenvalue weighted by Crippen LogP contribution is 2.26. The number of esters is 1. The largest absolute Gasteiger partial charge is 0.462 e. The number of pyridine rings is 1. The molecule has 0 spiro atoms. The van der Waals surface area contributed by atoms with Crippen LogP contribution in [-0.2, 0) is 9.53 Å². The lowest BCUT2D eigenvalue weighted by Crippen LogP contribution is -2.20. The SMILES string of the molecule is CCOC(=O)c1ccc(NC(=O)/C(C#N)=C\c2c(Oc3ccccc3C)nc3ccccn3c2=O)cc1. The van der Waals surface area contributed by atoms with E-state index in [1.54, 1.807) is 37.3 Å². The number of hydrogen-bond donors (Lipinski definition) is 1. The first kappa shape index (κ1) is 24.9. The van der Waals surface area contributed by atoms with Crippen molar-refractivity contribution >= 4 is 29.3 Å². The van der Waals surface area contributed by atoms with Gasteiger partial charge >= 0.3 is 5.97 Å². The number of nitrogens with zero attached hydrogens (tertiary/aromatic N) is 3. The predicted octanol–water partition coefficient (Wildman–Crippen LogP) is 4.52. The number of anilines is 1. The number of fused-ring (bicyclic) bond motifs is 1. The number of carbonyl (C=O) groups excluding carboxylic acids is 2. The van der Waals surface area contributed by atoms with Gasteiger partial charge in [0.05, 0.1) is 12.2 Å². The monoisotopic (exact) mass is 494 g/mol. The molecule has 0 unspecified atom stereocenters. The fourth-order valence-corrected chi connectivity index (χ4v) is 3.45. The second-order valence-electron chi connectivity index (χ2n) is 7.85. The van der Waals surface area contributed by atoms with Gasteiger partial charge < -0.3 is 14.8 Å². The summed E-state index contributed by atoms with van der Waals surface area (Å²) < 4.78 is 12.2. The van der Waals surface area contributed by atoms with Gasteiger partial charge in [-0.15, -0.1) is 0 Å². The van der Waals surface area contributed by atoms with Crippen LogP contribution in [0, 0.1) is 18.3 Å². The Morgan fingerprint density at radius 1 is 1.08 bits per heavy atom. The maximum absolute atomic E-state index is 13.3. The lowest BCUT2D eigenvalue weighted by atomic mass is 10.1. The van der Waals surface area contributed by atoms with Gasteiger partial charge in [0.15, 0.2) is 0 Å². The molecule has 0 fully saturated rings. The number of hydrogen-bond acceptors (Lipinski definition) is 7. The topological polar surface area (TPSA) is 123 Å². The summed E-state index contributed by atoms with van der Waals surface area (Å²) in [7, 11) is 0. The summed E-state index contributed by atoms with van der Waals surface area (Å²) in [6, 6.07) is 20.1. The Bertz CT molecular complexity index is 1610. The summed E-state index contributed by atoms with van der Waals surface area (Å²) in [6.07, 6.45) is 2.70. The van der Waals surface area contributed by atoms with Crippen LogP contribution in [0.5, 0.6) is 11.6 Å². The molecule has 1 amide bonds. The van der Waals surface area contributed by atoms with Gasteiger partial charge in [-0.2, -0.15) is 10.2 Å². The minimum Gasteiger partial charge on any atom is -0.462 e. The number of carbonyl (C=O) groups is 2. The minimum atomic E-state index is -0.745. The van der Waals surface area contributed by atoms with E-state index in [9.17, 15) is 19.6 Å². The zero-order valence-electron chi connectivity index (χ0n) is 20.1. The molecule has 2 aromatic heterocycles. The zero-order chi connectivity index (χ0) is 26.4. The lowest BCUT2D eigenvalue weighted by Gasteiger charge is -2.12. The molecule has 0 atom stereocenters. The number of nitrogens with one attached hydrogen (secondary N) is 1. The third-order valence-electron chi connectivity index (χ3n) is 5.34. The van der Waals surface area contributed by atoms with Crippen LogP contribution < -0.4 is 15.6 Å². The van der Waals surface area contributed by atoms with Crippen LogP contribution in [0.3, 0.4) is 0 Å². The van der Waals surface area contributed by atoms with Gasteiger partial charge in [-0.3, -0.25) is 14.0 Å². The second kappa shape index (κ2) is 11.0. The van der Waals surface area contributed by atoms with Crippen LogP contribution in [0.2, 0.25) is 0 Å².